The van der Waals surface area contributed by atoms with Crippen LogP contribution in [-0.2, 0) is 30.4 Å². The molecule has 0 fully saturated rings. The summed E-state index contributed by atoms with van der Waals surface area (Å²) >= 11 is 0. The molecule has 0 saturated heterocycles. The molecule has 0 amide bonds. The molecule has 0 aliphatic carbocycles. The first kappa shape index (κ1) is 20.3. The lowest BCUT2D eigenvalue weighted by molar-refractivity contribution is -0.140. The van der Waals surface area contributed by atoms with Gasteiger partial charge >= 0.3 is 11.9 Å². The van der Waals surface area contributed by atoms with Gasteiger partial charge in [-0.15, -0.1) is 0 Å². The van der Waals surface area contributed by atoms with Crippen LogP contribution in [0, 0.1) is 5.82 Å². The molecule has 0 atom stereocenters. The van der Waals surface area contributed by atoms with Gasteiger partial charge in [0, 0.05) is 29.7 Å². The Balaban J connectivity index is 1.87. The van der Waals surface area contributed by atoms with Gasteiger partial charge in [-0.1, -0.05) is 6.07 Å². The molecule has 29 heavy (non-hydrogen) atoms. The minimum Gasteiger partial charge on any atom is -0.486 e. The number of methoxy groups -OCH3 is 2. The molecule has 2 aromatic rings. The quantitative estimate of drug-likeness (QED) is 0.680. The maximum atomic E-state index is 14.6. The van der Waals surface area contributed by atoms with E-state index in [9.17, 15) is 14.0 Å². The summed E-state index contributed by atoms with van der Waals surface area (Å²) in [6.45, 7) is -0.0423. The predicted molar refractivity (Wildman–Crippen MR) is 99.3 cm³/mol. The number of rotatable bonds is 6. The normalized spacial score (nSPS) is 13.8. The number of halogens is 1. The molecule has 0 saturated carbocycles. The van der Waals surface area contributed by atoms with Gasteiger partial charge in [-0.3, -0.25) is 4.98 Å². The van der Waals surface area contributed by atoms with Gasteiger partial charge in [0.15, 0.2) is 11.6 Å². The number of hydrogen-bond donors (Lipinski definition) is 0. The number of aromatic nitrogens is 1. The molecular weight excluding hydrogens is 383 g/mol. The van der Waals surface area contributed by atoms with Crippen molar-refractivity contribution < 1.29 is 32.9 Å². The van der Waals surface area contributed by atoms with Crippen LogP contribution in [0.2, 0.25) is 0 Å². The van der Waals surface area contributed by atoms with Crippen LogP contribution in [0.4, 0.5) is 10.1 Å². The first-order valence-corrected chi connectivity index (χ1v) is 8.61. The van der Waals surface area contributed by atoms with E-state index in [-0.39, 0.29) is 42.7 Å². The van der Waals surface area contributed by atoms with E-state index in [0.717, 1.165) is 5.56 Å². The van der Waals surface area contributed by atoms with Crippen LogP contribution in [0.1, 0.15) is 5.56 Å². The molecule has 1 aromatic heterocycles. The predicted octanol–water partition coefficient (Wildman–Crippen LogP) is 2.19. The van der Waals surface area contributed by atoms with Gasteiger partial charge in [0.1, 0.15) is 19.0 Å². The topological polar surface area (TPSA) is 87.2 Å². The molecule has 0 bridgehead atoms. The third-order valence-electron chi connectivity index (χ3n) is 4.18. The number of benzene rings is 1. The van der Waals surface area contributed by atoms with Crippen LogP contribution in [0.15, 0.2) is 54.0 Å². The molecule has 1 aromatic carbocycles. The van der Waals surface area contributed by atoms with E-state index in [1.807, 2.05) is 6.07 Å². The average Bonchev–Trinajstić information content (AvgIpc) is 2.77. The van der Waals surface area contributed by atoms with Gasteiger partial charge < -0.3 is 23.8 Å². The number of nitrogens with zero attached hydrogens (tertiary/aromatic N) is 2. The van der Waals surface area contributed by atoms with Crippen molar-refractivity contribution in [1.82, 2.24) is 4.98 Å². The van der Waals surface area contributed by atoms with Crippen LogP contribution >= 0.6 is 0 Å². The monoisotopic (exact) mass is 402 g/mol. The Morgan fingerprint density at radius 2 is 2.00 bits per heavy atom. The van der Waals surface area contributed by atoms with Crippen LogP contribution in [0.5, 0.6) is 5.75 Å². The Morgan fingerprint density at radius 1 is 1.21 bits per heavy atom. The van der Waals surface area contributed by atoms with Crippen LogP contribution in [-0.4, -0.2) is 44.5 Å². The van der Waals surface area contributed by atoms with E-state index in [1.54, 1.807) is 24.5 Å². The molecule has 3 rings (SSSR count). The zero-order valence-electron chi connectivity index (χ0n) is 15.9. The van der Waals surface area contributed by atoms with Crippen molar-refractivity contribution >= 4 is 17.6 Å². The van der Waals surface area contributed by atoms with Crippen molar-refractivity contribution in [2.24, 2.45) is 0 Å². The highest BCUT2D eigenvalue weighted by molar-refractivity contribution is 6.03. The lowest BCUT2D eigenvalue weighted by Gasteiger charge is -2.31. The van der Waals surface area contributed by atoms with Crippen molar-refractivity contribution in [2.75, 3.05) is 32.5 Å². The summed E-state index contributed by atoms with van der Waals surface area (Å²) in [4.78, 5) is 29.6. The van der Waals surface area contributed by atoms with Crippen molar-refractivity contribution in [1.29, 1.82) is 0 Å². The lowest BCUT2D eigenvalue weighted by atomic mass is 10.1. The number of pyridine rings is 1. The van der Waals surface area contributed by atoms with Gasteiger partial charge in [0.2, 0.25) is 0 Å². The van der Waals surface area contributed by atoms with Crippen molar-refractivity contribution in [3.8, 4) is 5.75 Å². The molecule has 2 heterocycles. The summed E-state index contributed by atoms with van der Waals surface area (Å²) < 4.78 is 35.0. The Morgan fingerprint density at radius 3 is 2.66 bits per heavy atom. The maximum absolute atomic E-state index is 14.6. The number of carbonyl (C=O) groups excluding carboxylic acids is 2. The average molecular weight is 402 g/mol. The first-order chi connectivity index (χ1) is 14.0. The van der Waals surface area contributed by atoms with Gasteiger partial charge in [0.05, 0.1) is 26.4 Å². The second kappa shape index (κ2) is 9.16. The Hall–Kier alpha value is -3.46. The number of esters is 2. The number of hydrogen-bond acceptors (Lipinski definition) is 8. The Labute approximate surface area is 166 Å². The van der Waals surface area contributed by atoms with E-state index in [1.165, 1.54) is 31.3 Å². The second-order valence-electron chi connectivity index (χ2n) is 5.98. The standard InChI is InChI=1S/C20H19FN2O6/c1-26-19(24)15-11-28-12-23(18(15)20(25)27-2)14-5-6-17(16(21)8-14)29-10-13-4-3-7-22-9-13/h3-9H,10-12H2,1-2H3. The van der Waals surface area contributed by atoms with Gasteiger partial charge in [-0.05, 0) is 18.2 Å². The SMILES string of the molecule is COC(=O)C1=C(C(=O)OC)N(c2ccc(OCc3cccnc3)c(F)c2)COC1. The lowest BCUT2D eigenvalue weighted by Crippen LogP contribution is -2.38. The minimum atomic E-state index is -0.758. The molecule has 8 nitrogen and oxygen atoms in total. The van der Waals surface area contributed by atoms with Gasteiger partial charge in [-0.25, -0.2) is 14.0 Å². The summed E-state index contributed by atoms with van der Waals surface area (Å²) in [7, 11) is 2.38. The number of carbonyl (C=O) groups is 2. The van der Waals surface area contributed by atoms with E-state index < -0.39 is 17.8 Å². The zero-order chi connectivity index (χ0) is 20.8. The van der Waals surface area contributed by atoms with Crippen molar-refractivity contribution in [3.05, 3.63) is 65.4 Å². The first-order valence-electron chi connectivity index (χ1n) is 8.61. The summed E-state index contributed by atoms with van der Waals surface area (Å²) in [5.41, 5.74) is 1.01. The Kier molecular flexibility index (Phi) is 6.40. The second-order valence-corrected chi connectivity index (χ2v) is 5.98. The summed E-state index contributed by atoms with van der Waals surface area (Å²) in [5.74, 6) is -2.09. The molecule has 0 spiro atoms. The molecule has 0 N–H and O–H groups in total. The molecule has 1 aliphatic rings. The minimum absolute atomic E-state index is 0.0112. The van der Waals surface area contributed by atoms with Gasteiger partial charge in [-0.2, -0.15) is 0 Å². The van der Waals surface area contributed by atoms with Crippen LogP contribution in [0.3, 0.4) is 0 Å². The third kappa shape index (κ3) is 4.52. The summed E-state index contributed by atoms with van der Waals surface area (Å²) in [6.07, 6.45) is 3.26. The van der Waals surface area contributed by atoms with Gasteiger partial charge in [0.25, 0.3) is 0 Å². The van der Waals surface area contributed by atoms with E-state index in [2.05, 4.69) is 4.98 Å². The van der Waals surface area contributed by atoms with Crippen molar-refractivity contribution in [3.63, 3.8) is 0 Å². The van der Waals surface area contributed by atoms with E-state index >= 15 is 0 Å². The summed E-state index contributed by atoms with van der Waals surface area (Å²) in [5, 5.41) is 0. The fraction of sp³-hybridized carbons (Fsp3) is 0.250. The van der Waals surface area contributed by atoms with E-state index in [0.29, 0.717) is 0 Å². The molecule has 0 radical (unpaired) electrons. The third-order valence-corrected chi connectivity index (χ3v) is 4.18. The number of ether oxygens (including phenoxy) is 4. The highest BCUT2D eigenvalue weighted by atomic mass is 19.1. The molecule has 9 heteroatoms. The largest absolute Gasteiger partial charge is 0.486 e. The smallest absolute Gasteiger partial charge is 0.355 e. The molecular formula is C20H19FN2O6. The molecule has 0 unspecified atom stereocenters. The van der Waals surface area contributed by atoms with E-state index in [4.69, 9.17) is 18.9 Å². The zero-order valence-corrected chi connectivity index (χ0v) is 15.9. The highest BCUT2D eigenvalue weighted by Crippen LogP contribution is 2.30. The summed E-state index contributed by atoms with van der Waals surface area (Å²) in [6, 6.07) is 7.74. The Bertz CT molecular complexity index is 932. The number of anilines is 1. The van der Waals surface area contributed by atoms with Crippen LogP contribution < -0.4 is 9.64 Å². The fourth-order valence-electron chi connectivity index (χ4n) is 2.77. The van der Waals surface area contributed by atoms with Crippen LogP contribution in [0.25, 0.3) is 0 Å². The molecule has 152 valence electrons. The highest BCUT2D eigenvalue weighted by Gasteiger charge is 2.32. The maximum Gasteiger partial charge on any atom is 0.355 e. The van der Waals surface area contributed by atoms with Crippen molar-refractivity contribution in [2.45, 2.75) is 6.61 Å². The fourth-order valence-corrected chi connectivity index (χ4v) is 2.77. The molecule has 1 aliphatic heterocycles.